The fraction of sp³-hybridized carbons (Fsp3) is 0.636. The third kappa shape index (κ3) is 7.00. The van der Waals surface area contributed by atoms with Crippen LogP contribution in [0, 0.1) is 11.8 Å². The van der Waals surface area contributed by atoms with Crippen LogP contribution >= 0.6 is 0 Å². The summed E-state index contributed by atoms with van der Waals surface area (Å²) in [4.78, 5) is 26.4. The van der Waals surface area contributed by atoms with Crippen LogP contribution < -0.4 is 10.6 Å². The largest absolute Gasteiger partial charge is 0.405 e. The number of nitrogens with zero attached hydrogens (tertiary/aromatic N) is 1. The molecule has 0 aliphatic heterocycles. The van der Waals surface area contributed by atoms with Crippen molar-refractivity contribution in [3.63, 3.8) is 0 Å². The lowest BCUT2D eigenvalue weighted by molar-refractivity contribution is -0.127. The zero-order valence-electron chi connectivity index (χ0n) is 18.1. The predicted octanol–water partition coefficient (Wildman–Crippen LogP) is 3.74. The van der Waals surface area contributed by atoms with Crippen molar-refractivity contribution in [2.75, 3.05) is 13.6 Å². The Bertz CT molecular complexity index is 721. The summed E-state index contributed by atoms with van der Waals surface area (Å²) in [5.41, 5.74) is 1.03. The third-order valence-electron chi connectivity index (χ3n) is 6.17. The second-order valence-corrected chi connectivity index (χ2v) is 8.47. The molecule has 0 aromatic heterocycles. The summed E-state index contributed by atoms with van der Waals surface area (Å²) in [6.45, 7) is 5.39. The van der Waals surface area contributed by atoms with Crippen LogP contribution in [0.1, 0.15) is 56.0 Å². The van der Waals surface area contributed by atoms with Crippen LogP contribution in [0.2, 0.25) is 0 Å². The lowest BCUT2D eigenvalue weighted by atomic mass is 9.78. The van der Waals surface area contributed by atoms with Gasteiger partial charge in [-0.15, -0.1) is 0 Å². The summed E-state index contributed by atoms with van der Waals surface area (Å²) in [6, 6.07) is 6.23. The molecule has 168 valence electrons. The smallest absolute Gasteiger partial charge is 0.352 e. The first-order chi connectivity index (χ1) is 14.0. The van der Waals surface area contributed by atoms with Crippen LogP contribution in [0.3, 0.4) is 0 Å². The van der Waals surface area contributed by atoms with Gasteiger partial charge in [-0.3, -0.25) is 14.5 Å². The van der Waals surface area contributed by atoms with E-state index in [1.54, 1.807) is 12.1 Å². The van der Waals surface area contributed by atoms with Gasteiger partial charge in [0.1, 0.15) is 6.54 Å². The van der Waals surface area contributed by atoms with Crippen molar-refractivity contribution >= 4 is 11.8 Å². The number of carbonyl (C=O) groups is 2. The van der Waals surface area contributed by atoms with E-state index in [0.29, 0.717) is 18.4 Å². The molecule has 1 aromatic carbocycles. The van der Waals surface area contributed by atoms with Gasteiger partial charge in [0.25, 0.3) is 5.91 Å². The number of amides is 2. The molecule has 1 aromatic rings. The summed E-state index contributed by atoms with van der Waals surface area (Å²) < 4.78 is 36.6. The second-order valence-electron chi connectivity index (χ2n) is 8.47. The molecule has 2 amide bonds. The van der Waals surface area contributed by atoms with Crippen LogP contribution in [0.15, 0.2) is 24.3 Å². The molecular weight excluding hydrogens is 395 g/mol. The Morgan fingerprint density at radius 3 is 2.40 bits per heavy atom. The summed E-state index contributed by atoms with van der Waals surface area (Å²) in [6.07, 6.45) is -1.11. The quantitative estimate of drug-likeness (QED) is 0.697. The van der Waals surface area contributed by atoms with E-state index >= 15 is 0 Å². The number of likely N-dealkylation sites (N-methyl/N-ethyl adjacent to an activating group) is 1. The minimum absolute atomic E-state index is 0.00778. The first-order valence-electron chi connectivity index (χ1n) is 10.4. The van der Waals surface area contributed by atoms with Crippen LogP contribution in [0.25, 0.3) is 0 Å². The lowest BCUT2D eigenvalue weighted by Gasteiger charge is -2.36. The maximum atomic E-state index is 12.7. The van der Waals surface area contributed by atoms with Crippen LogP contribution in [0.5, 0.6) is 0 Å². The monoisotopic (exact) mass is 427 g/mol. The Balaban J connectivity index is 1.87. The summed E-state index contributed by atoms with van der Waals surface area (Å²) in [5, 5.41) is 5.04. The highest BCUT2D eigenvalue weighted by molar-refractivity contribution is 5.94. The van der Waals surface area contributed by atoms with Crippen molar-refractivity contribution in [2.45, 2.75) is 64.8 Å². The van der Waals surface area contributed by atoms with Crippen LogP contribution in [-0.4, -0.2) is 48.6 Å². The van der Waals surface area contributed by atoms with Gasteiger partial charge in [0.2, 0.25) is 5.91 Å². The summed E-state index contributed by atoms with van der Waals surface area (Å²) in [7, 11) is 1.85. The molecule has 1 fully saturated rings. The van der Waals surface area contributed by atoms with Crippen molar-refractivity contribution in [2.24, 2.45) is 11.8 Å². The van der Waals surface area contributed by atoms with E-state index < -0.39 is 18.6 Å². The molecule has 0 spiro atoms. The van der Waals surface area contributed by atoms with Crippen molar-refractivity contribution in [1.82, 2.24) is 15.5 Å². The molecule has 30 heavy (non-hydrogen) atoms. The van der Waals surface area contributed by atoms with Gasteiger partial charge in [0.05, 0.1) is 6.04 Å². The van der Waals surface area contributed by atoms with E-state index in [0.717, 1.165) is 18.4 Å². The number of halogens is 3. The molecule has 5 nitrogen and oxygen atoms in total. The van der Waals surface area contributed by atoms with E-state index in [4.69, 9.17) is 0 Å². The predicted molar refractivity (Wildman–Crippen MR) is 110 cm³/mol. The number of alkyl halides is 3. The Morgan fingerprint density at radius 2 is 1.80 bits per heavy atom. The molecule has 0 radical (unpaired) electrons. The standard InChI is InChI=1S/C22H32F3N3O2/c1-14-6-5-7-19(15(14)2)27-20(29)16(3)28(4)12-17-8-10-18(11-9-17)21(30)26-13-22(23,24)25/h8-11,14-16,19H,5-7,12-13H2,1-4H3,(H,26,30)(H,27,29)/t14-,15-,16-,19+/m1/s1. The lowest BCUT2D eigenvalue weighted by Crippen LogP contribution is -2.50. The van der Waals surface area contributed by atoms with Crippen molar-refractivity contribution in [1.29, 1.82) is 0 Å². The van der Waals surface area contributed by atoms with Gasteiger partial charge < -0.3 is 10.6 Å². The summed E-state index contributed by atoms with van der Waals surface area (Å²) in [5.74, 6) is 0.280. The molecule has 1 aliphatic rings. The van der Waals surface area contributed by atoms with Gasteiger partial charge in [-0.2, -0.15) is 13.2 Å². The van der Waals surface area contributed by atoms with Crippen molar-refractivity contribution < 1.29 is 22.8 Å². The maximum Gasteiger partial charge on any atom is 0.405 e. The van der Waals surface area contributed by atoms with Gasteiger partial charge >= 0.3 is 6.18 Å². The number of benzene rings is 1. The molecule has 0 saturated heterocycles. The van der Waals surface area contributed by atoms with Gasteiger partial charge in [0.15, 0.2) is 0 Å². The molecule has 8 heteroatoms. The highest BCUT2D eigenvalue weighted by Crippen LogP contribution is 2.29. The van der Waals surface area contributed by atoms with E-state index in [-0.39, 0.29) is 23.6 Å². The van der Waals surface area contributed by atoms with Gasteiger partial charge in [-0.05, 0) is 49.9 Å². The maximum absolute atomic E-state index is 12.7. The number of hydrogen-bond donors (Lipinski definition) is 2. The van der Waals surface area contributed by atoms with Crippen molar-refractivity contribution in [3.05, 3.63) is 35.4 Å². The van der Waals surface area contributed by atoms with Gasteiger partial charge in [-0.25, -0.2) is 0 Å². The van der Waals surface area contributed by atoms with E-state index in [9.17, 15) is 22.8 Å². The van der Waals surface area contributed by atoms with Crippen LogP contribution in [-0.2, 0) is 11.3 Å². The van der Waals surface area contributed by atoms with E-state index in [2.05, 4.69) is 19.2 Å². The molecule has 2 rings (SSSR count). The minimum Gasteiger partial charge on any atom is -0.352 e. The van der Waals surface area contributed by atoms with Crippen LogP contribution in [0.4, 0.5) is 13.2 Å². The fourth-order valence-corrected chi connectivity index (χ4v) is 3.76. The molecule has 0 bridgehead atoms. The Morgan fingerprint density at radius 1 is 1.17 bits per heavy atom. The highest BCUT2D eigenvalue weighted by Gasteiger charge is 2.30. The first-order valence-corrected chi connectivity index (χ1v) is 10.4. The van der Waals surface area contributed by atoms with Gasteiger partial charge in [-0.1, -0.05) is 38.8 Å². The van der Waals surface area contributed by atoms with Crippen molar-refractivity contribution in [3.8, 4) is 0 Å². The Labute approximate surface area is 176 Å². The minimum atomic E-state index is -4.44. The number of nitrogens with one attached hydrogen (secondary N) is 2. The first kappa shape index (κ1) is 24.2. The molecular formula is C22H32F3N3O2. The zero-order valence-corrected chi connectivity index (χ0v) is 18.1. The zero-order chi connectivity index (χ0) is 22.5. The SMILES string of the molecule is C[C@@H]1[C@H](C)CCC[C@@H]1NC(=O)[C@@H](C)N(C)Cc1ccc(C(=O)NCC(F)(F)F)cc1. The molecule has 2 N–H and O–H groups in total. The second kappa shape index (κ2) is 10.3. The number of rotatable bonds is 7. The van der Waals surface area contributed by atoms with E-state index in [1.807, 2.05) is 24.2 Å². The molecule has 1 aliphatic carbocycles. The molecule has 0 heterocycles. The fourth-order valence-electron chi connectivity index (χ4n) is 3.76. The topological polar surface area (TPSA) is 61.4 Å². The molecule has 0 unspecified atom stereocenters. The average Bonchev–Trinajstić information content (AvgIpc) is 2.69. The number of carbonyl (C=O) groups excluding carboxylic acids is 2. The summed E-state index contributed by atoms with van der Waals surface area (Å²) >= 11 is 0. The Hall–Kier alpha value is -2.09. The highest BCUT2D eigenvalue weighted by atomic mass is 19.4. The molecule has 4 atom stereocenters. The average molecular weight is 428 g/mol. The third-order valence-corrected chi connectivity index (χ3v) is 6.17. The van der Waals surface area contributed by atoms with Gasteiger partial charge in [0, 0.05) is 18.2 Å². The number of hydrogen-bond acceptors (Lipinski definition) is 3. The normalized spacial score (nSPS) is 23.1. The van der Waals surface area contributed by atoms with E-state index in [1.165, 1.54) is 18.6 Å². The molecule has 1 saturated carbocycles. The Kier molecular flexibility index (Phi) is 8.29.